The van der Waals surface area contributed by atoms with Gasteiger partial charge in [0, 0.05) is 30.2 Å². The number of rotatable bonds is 5. The number of nitrogens with zero attached hydrogens (tertiary/aromatic N) is 4. The first-order valence-corrected chi connectivity index (χ1v) is 9.80. The maximum Gasteiger partial charge on any atom is 0.258 e. The molecule has 4 rings (SSSR count). The Morgan fingerprint density at radius 3 is 2.81 bits per heavy atom. The van der Waals surface area contributed by atoms with Crippen molar-refractivity contribution in [2.24, 2.45) is 5.41 Å². The molecule has 1 amide bonds. The van der Waals surface area contributed by atoms with Gasteiger partial charge in [0.15, 0.2) is 24.0 Å². The van der Waals surface area contributed by atoms with E-state index in [2.05, 4.69) is 39.1 Å². The van der Waals surface area contributed by atoms with E-state index in [0.717, 1.165) is 29.8 Å². The van der Waals surface area contributed by atoms with Gasteiger partial charge < -0.3 is 10.1 Å². The molecule has 0 saturated heterocycles. The average Bonchev–Trinajstić information content (AvgIpc) is 2.72. The number of halogens is 2. The Morgan fingerprint density at radius 2 is 2.06 bits per heavy atom. The van der Waals surface area contributed by atoms with Crippen LogP contribution in [0.2, 0.25) is 0 Å². The standard InChI is InChI=1S/C22H21F2N5O2/c1-22(2)8-16(28-20(30)12-31-19-4-3-13(23)7-15(19)24)14-10-27-21(29-17(14)9-22)18-11-25-5-6-26-18/h3-7,10-11,16H,8-9,12H2,1-2H3,(H,28,30)/t16-/m0/s1. The Bertz CT molecular complexity index is 1110. The molecule has 31 heavy (non-hydrogen) atoms. The number of fused-ring (bicyclic) bond motifs is 1. The van der Waals surface area contributed by atoms with Crippen LogP contribution in [0, 0.1) is 17.0 Å². The summed E-state index contributed by atoms with van der Waals surface area (Å²) in [5.74, 6) is -1.70. The van der Waals surface area contributed by atoms with Crippen molar-refractivity contribution < 1.29 is 18.3 Å². The summed E-state index contributed by atoms with van der Waals surface area (Å²) in [6.07, 6.45) is 7.87. The van der Waals surface area contributed by atoms with Gasteiger partial charge >= 0.3 is 0 Å². The largest absolute Gasteiger partial charge is 0.481 e. The van der Waals surface area contributed by atoms with E-state index in [4.69, 9.17) is 4.74 Å². The number of hydrogen-bond donors (Lipinski definition) is 1. The summed E-state index contributed by atoms with van der Waals surface area (Å²) in [5, 5.41) is 2.92. The van der Waals surface area contributed by atoms with Crippen molar-refractivity contribution in [2.45, 2.75) is 32.7 Å². The van der Waals surface area contributed by atoms with Crippen LogP contribution in [0.5, 0.6) is 5.75 Å². The van der Waals surface area contributed by atoms with E-state index in [1.54, 1.807) is 24.8 Å². The van der Waals surface area contributed by atoms with Gasteiger partial charge in [-0.2, -0.15) is 0 Å². The summed E-state index contributed by atoms with van der Waals surface area (Å²) in [7, 11) is 0. The van der Waals surface area contributed by atoms with Crippen molar-refractivity contribution in [2.75, 3.05) is 6.61 Å². The molecule has 1 N–H and O–H groups in total. The number of ether oxygens (including phenoxy) is 1. The van der Waals surface area contributed by atoms with Crippen molar-refractivity contribution in [3.8, 4) is 17.3 Å². The minimum absolute atomic E-state index is 0.108. The zero-order valence-electron chi connectivity index (χ0n) is 17.1. The molecule has 0 saturated carbocycles. The SMILES string of the molecule is CC1(C)Cc2nc(-c3cnccn3)ncc2[C@@H](NC(=O)COc2ccc(F)cc2F)C1. The molecule has 7 nitrogen and oxygen atoms in total. The quantitative estimate of drug-likeness (QED) is 0.674. The van der Waals surface area contributed by atoms with Gasteiger partial charge in [-0.05, 0) is 30.4 Å². The Balaban J connectivity index is 1.50. The first kappa shape index (κ1) is 20.8. The van der Waals surface area contributed by atoms with E-state index < -0.39 is 24.1 Å². The molecule has 2 heterocycles. The molecule has 0 unspecified atom stereocenters. The van der Waals surface area contributed by atoms with E-state index in [0.29, 0.717) is 24.0 Å². The Labute approximate surface area is 177 Å². The lowest BCUT2D eigenvalue weighted by Gasteiger charge is -2.36. The highest BCUT2D eigenvalue weighted by Gasteiger charge is 2.34. The van der Waals surface area contributed by atoms with Gasteiger partial charge in [-0.3, -0.25) is 9.78 Å². The third kappa shape index (κ3) is 4.82. The van der Waals surface area contributed by atoms with Crippen LogP contribution in [0.4, 0.5) is 8.78 Å². The van der Waals surface area contributed by atoms with Crippen molar-refractivity contribution in [1.82, 2.24) is 25.3 Å². The molecule has 160 valence electrons. The third-order valence-corrected chi connectivity index (χ3v) is 5.06. The van der Waals surface area contributed by atoms with Crippen LogP contribution in [-0.2, 0) is 11.2 Å². The number of carbonyl (C=O) groups is 1. The highest BCUT2D eigenvalue weighted by Crippen LogP contribution is 2.40. The highest BCUT2D eigenvalue weighted by atomic mass is 19.1. The van der Waals surface area contributed by atoms with Crippen LogP contribution >= 0.6 is 0 Å². The van der Waals surface area contributed by atoms with Crippen LogP contribution in [0.15, 0.2) is 43.0 Å². The monoisotopic (exact) mass is 425 g/mol. The minimum Gasteiger partial charge on any atom is -0.481 e. The zero-order valence-corrected chi connectivity index (χ0v) is 17.1. The number of carbonyl (C=O) groups excluding carboxylic acids is 1. The molecule has 3 aromatic rings. The summed E-state index contributed by atoms with van der Waals surface area (Å²) in [5.41, 5.74) is 2.13. The fraction of sp³-hybridized carbons (Fsp3) is 0.318. The topological polar surface area (TPSA) is 89.9 Å². The van der Waals surface area contributed by atoms with Gasteiger partial charge in [0.1, 0.15) is 11.5 Å². The van der Waals surface area contributed by atoms with Gasteiger partial charge in [0.25, 0.3) is 5.91 Å². The van der Waals surface area contributed by atoms with Crippen LogP contribution in [0.3, 0.4) is 0 Å². The molecule has 2 aromatic heterocycles. The summed E-state index contributed by atoms with van der Waals surface area (Å²) in [4.78, 5) is 29.8. The predicted octanol–water partition coefficient (Wildman–Crippen LogP) is 3.42. The van der Waals surface area contributed by atoms with Crippen LogP contribution in [0.1, 0.15) is 37.6 Å². The van der Waals surface area contributed by atoms with Crippen molar-refractivity contribution in [3.63, 3.8) is 0 Å². The first-order valence-electron chi connectivity index (χ1n) is 9.80. The molecule has 0 radical (unpaired) electrons. The lowest BCUT2D eigenvalue weighted by atomic mass is 9.74. The fourth-order valence-electron chi connectivity index (χ4n) is 3.69. The Hall–Kier alpha value is -3.49. The third-order valence-electron chi connectivity index (χ3n) is 5.06. The lowest BCUT2D eigenvalue weighted by Crippen LogP contribution is -2.39. The van der Waals surface area contributed by atoms with E-state index in [-0.39, 0.29) is 17.2 Å². The van der Waals surface area contributed by atoms with Gasteiger partial charge in [-0.25, -0.2) is 23.7 Å². The predicted molar refractivity (Wildman–Crippen MR) is 108 cm³/mol. The van der Waals surface area contributed by atoms with E-state index >= 15 is 0 Å². The summed E-state index contributed by atoms with van der Waals surface area (Å²) in [6, 6.07) is 2.61. The number of hydrogen-bond acceptors (Lipinski definition) is 6. The summed E-state index contributed by atoms with van der Waals surface area (Å²) in [6.45, 7) is 3.81. The Morgan fingerprint density at radius 1 is 1.23 bits per heavy atom. The smallest absolute Gasteiger partial charge is 0.258 e. The van der Waals surface area contributed by atoms with Crippen LogP contribution in [0.25, 0.3) is 11.5 Å². The van der Waals surface area contributed by atoms with Gasteiger partial charge in [0.2, 0.25) is 0 Å². The molecular formula is C22H21F2N5O2. The Kier molecular flexibility index (Phi) is 5.58. The van der Waals surface area contributed by atoms with Gasteiger partial charge in [-0.15, -0.1) is 0 Å². The van der Waals surface area contributed by atoms with E-state index in [1.807, 2.05) is 0 Å². The maximum atomic E-state index is 13.7. The van der Waals surface area contributed by atoms with Crippen molar-refractivity contribution in [1.29, 1.82) is 0 Å². The molecule has 1 aliphatic rings. The first-order chi connectivity index (χ1) is 14.8. The van der Waals surface area contributed by atoms with E-state index in [1.165, 1.54) is 0 Å². The molecule has 1 aromatic carbocycles. The van der Waals surface area contributed by atoms with E-state index in [9.17, 15) is 13.6 Å². The number of benzene rings is 1. The highest BCUT2D eigenvalue weighted by molar-refractivity contribution is 5.78. The van der Waals surface area contributed by atoms with Gasteiger partial charge in [-0.1, -0.05) is 13.8 Å². The zero-order chi connectivity index (χ0) is 22.0. The minimum atomic E-state index is -0.859. The van der Waals surface area contributed by atoms with Crippen molar-refractivity contribution in [3.05, 3.63) is 65.9 Å². The second-order valence-corrected chi connectivity index (χ2v) is 8.21. The normalized spacial score (nSPS) is 17.0. The second-order valence-electron chi connectivity index (χ2n) is 8.21. The number of aromatic nitrogens is 4. The molecule has 0 aliphatic heterocycles. The molecular weight excluding hydrogens is 404 g/mol. The second kappa shape index (κ2) is 8.33. The molecule has 0 fully saturated rings. The van der Waals surface area contributed by atoms with Crippen molar-refractivity contribution >= 4 is 5.91 Å². The van der Waals surface area contributed by atoms with Crippen LogP contribution < -0.4 is 10.1 Å². The molecule has 9 heteroatoms. The number of amides is 1. The fourth-order valence-corrected chi connectivity index (χ4v) is 3.69. The average molecular weight is 425 g/mol. The molecule has 1 atom stereocenters. The van der Waals surface area contributed by atoms with Crippen LogP contribution in [-0.4, -0.2) is 32.4 Å². The molecule has 0 bridgehead atoms. The summed E-state index contributed by atoms with van der Waals surface area (Å²) < 4.78 is 31.9. The maximum absolute atomic E-state index is 13.7. The lowest BCUT2D eigenvalue weighted by molar-refractivity contribution is -0.124. The molecule has 0 spiro atoms. The van der Waals surface area contributed by atoms with Gasteiger partial charge in [0.05, 0.1) is 17.9 Å². The number of nitrogens with one attached hydrogen (secondary N) is 1. The molecule has 1 aliphatic carbocycles. The summed E-state index contributed by atoms with van der Waals surface area (Å²) >= 11 is 0.